The Balaban J connectivity index is 1.56. The van der Waals surface area contributed by atoms with Crippen molar-refractivity contribution in [2.45, 2.75) is 19.9 Å². The fraction of sp³-hybridized carbons (Fsp3) is 0.333. The van der Waals surface area contributed by atoms with E-state index in [1.54, 1.807) is 0 Å². The summed E-state index contributed by atoms with van der Waals surface area (Å²) in [5, 5.41) is 0. The van der Waals surface area contributed by atoms with Crippen LogP contribution in [0, 0.1) is 6.92 Å². The number of anilines is 1. The van der Waals surface area contributed by atoms with Gasteiger partial charge in [-0.25, -0.2) is 0 Å². The molecule has 1 aliphatic rings. The molecule has 0 amide bonds. The zero-order valence-corrected chi connectivity index (χ0v) is 12.5. The average molecular weight is 282 g/mol. The van der Waals surface area contributed by atoms with Crippen LogP contribution in [0.3, 0.4) is 0 Å². The van der Waals surface area contributed by atoms with Crippen molar-refractivity contribution in [2.24, 2.45) is 0 Å². The van der Waals surface area contributed by atoms with Gasteiger partial charge in [-0.15, -0.1) is 0 Å². The number of nitrogens with zero attached hydrogens (tertiary/aromatic N) is 1. The van der Waals surface area contributed by atoms with Gasteiger partial charge in [0, 0.05) is 25.3 Å². The van der Waals surface area contributed by atoms with Gasteiger partial charge in [0.05, 0.1) is 0 Å². The molecule has 3 nitrogen and oxygen atoms in total. The van der Waals surface area contributed by atoms with Crippen molar-refractivity contribution in [2.75, 3.05) is 25.4 Å². The van der Waals surface area contributed by atoms with Crippen molar-refractivity contribution >= 4 is 5.69 Å². The van der Waals surface area contributed by atoms with Gasteiger partial charge in [-0.3, -0.25) is 4.90 Å². The van der Waals surface area contributed by atoms with Crippen molar-refractivity contribution in [1.82, 2.24) is 4.90 Å². The number of fused-ring (bicyclic) bond motifs is 1. The summed E-state index contributed by atoms with van der Waals surface area (Å²) in [5.41, 5.74) is 10.9. The van der Waals surface area contributed by atoms with E-state index in [0.29, 0.717) is 6.61 Å². The summed E-state index contributed by atoms with van der Waals surface area (Å²) in [5.74, 6) is 0.981. The fourth-order valence-corrected chi connectivity index (χ4v) is 2.86. The summed E-state index contributed by atoms with van der Waals surface area (Å²) in [7, 11) is 0. The number of benzene rings is 2. The first-order chi connectivity index (χ1) is 10.2. The van der Waals surface area contributed by atoms with Gasteiger partial charge < -0.3 is 10.5 Å². The quantitative estimate of drug-likeness (QED) is 0.876. The normalized spacial score (nSPS) is 14.7. The zero-order chi connectivity index (χ0) is 14.7. The molecule has 1 aliphatic heterocycles. The number of ether oxygens (including phenoxy) is 1. The van der Waals surface area contributed by atoms with E-state index in [2.05, 4.69) is 24.0 Å². The topological polar surface area (TPSA) is 38.5 Å². The molecule has 2 aromatic rings. The van der Waals surface area contributed by atoms with Crippen molar-refractivity contribution < 1.29 is 4.74 Å². The van der Waals surface area contributed by atoms with E-state index < -0.39 is 0 Å². The number of rotatable bonds is 4. The van der Waals surface area contributed by atoms with Crippen molar-refractivity contribution in [3.05, 3.63) is 59.2 Å². The van der Waals surface area contributed by atoms with Gasteiger partial charge in [0.2, 0.25) is 0 Å². The monoisotopic (exact) mass is 282 g/mol. The maximum Gasteiger partial charge on any atom is 0.122 e. The second-order valence-corrected chi connectivity index (χ2v) is 5.63. The Hall–Kier alpha value is -2.00. The van der Waals surface area contributed by atoms with Crippen LogP contribution in [0.2, 0.25) is 0 Å². The molecule has 0 aliphatic carbocycles. The molecular weight excluding hydrogens is 260 g/mol. The van der Waals surface area contributed by atoms with Crippen molar-refractivity contribution in [1.29, 1.82) is 0 Å². The molecule has 0 atom stereocenters. The summed E-state index contributed by atoms with van der Waals surface area (Å²) in [6.45, 7) is 5.73. The average Bonchev–Trinajstić information content (AvgIpc) is 2.50. The molecule has 0 fully saturated rings. The molecule has 3 rings (SSSR count). The van der Waals surface area contributed by atoms with E-state index >= 15 is 0 Å². The highest BCUT2D eigenvalue weighted by Gasteiger charge is 2.17. The molecule has 0 spiro atoms. The Kier molecular flexibility index (Phi) is 4.11. The first-order valence-electron chi connectivity index (χ1n) is 7.51. The highest BCUT2D eigenvalue weighted by Crippen LogP contribution is 2.24. The Morgan fingerprint density at radius 3 is 2.86 bits per heavy atom. The van der Waals surface area contributed by atoms with Gasteiger partial charge in [0.15, 0.2) is 0 Å². The maximum absolute atomic E-state index is 6.09. The largest absolute Gasteiger partial charge is 0.492 e. The van der Waals surface area contributed by atoms with Crippen LogP contribution in [0.25, 0.3) is 0 Å². The minimum atomic E-state index is 0.715. The van der Waals surface area contributed by atoms with Crippen LogP contribution in [-0.4, -0.2) is 24.6 Å². The van der Waals surface area contributed by atoms with Gasteiger partial charge >= 0.3 is 0 Å². The SMILES string of the molecule is Cc1ccccc1OCCN1CCc2cccc(N)c2C1. The molecule has 0 unspecified atom stereocenters. The van der Waals surface area contributed by atoms with Gasteiger partial charge in [0.25, 0.3) is 0 Å². The predicted octanol–water partition coefficient (Wildman–Crippen LogP) is 3.01. The predicted molar refractivity (Wildman–Crippen MR) is 86.5 cm³/mol. The summed E-state index contributed by atoms with van der Waals surface area (Å²) < 4.78 is 5.88. The third-order valence-corrected chi connectivity index (χ3v) is 4.15. The van der Waals surface area contributed by atoms with E-state index in [4.69, 9.17) is 10.5 Å². The highest BCUT2D eigenvalue weighted by atomic mass is 16.5. The van der Waals surface area contributed by atoms with Gasteiger partial charge in [-0.1, -0.05) is 30.3 Å². The number of para-hydroxylation sites is 1. The number of nitrogen functional groups attached to an aromatic ring is 1. The third-order valence-electron chi connectivity index (χ3n) is 4.15. The van der Waals surface area contributed by atoms with Crippen LogP contribution in [0.4, 0.5) is 5.69 Å². The van der Waals surface area contributed by atoms with Crippen molar-refractivity contribution in [3.8, 4) is 5.75 Å². The molecule has 2 aromatic carbocycles. The lowest BCUT2D eigenvalue weighted by Gasteiger charge is -2.29. The number of aryl methyl sites for hydroxylation is 1. The van der Waals surface area contributed by atoms with E-state index in [0.717, 1.165) is 37.5 Å². The molecule has 0 bridgehead atoms. The summed E-state index contributed by atoms with van der Waals surface area (Å²) in [6, 6.07) is 14.4. The zero-order valence-electron chi connectivity index (χ0n) is 12.5. The molecule has 110 valence electrons. The van der Waals surface area contributed by atoms with Crippen LogP contribution in [0.15, 0.2) is 42.5 Å². The highest BCUT2D eigenvalue weighted by molar-refractivity contribution is 5.51. The summed E-state index contributed by atoms with van der Waals surface area (Å²) in [4.78, 5) is 2.41. The third kappa shape index (κ3) is 3.19. The molecule has 0 saturated carbocycles. The van der Waals surface area contributed by atoms with Crippen LogP contribution >= 0.6 is 0 Å². The fourth-order valence-electron chi connectivity index (χ4n) is 2.86. The number of nitrogens with two attached hydrogens (primary N) is 1. The molecule has 1 heterocycles. The second kappa shape index (κ2) is 6.19. The molecule has 0 radical (unpaired) electrons. The van der Waals surface area contributed by atoms with Crippen LogP contribution in [0.1, 0.15) is 16.7 Å². The molecule has 3 heteroatoms. The van der Waals surface area contributed by atoms with E-state index in [1.165, 1.54) is 16.7 Å². The van der Waals surface area contributed by atoms with Crippen LogP contribution < -0.4 is 10.5 Å². The number of hydrogen-bond donors (Lipinski definition) is 1. The Labute approximate surface area is 126 Å². The lowest BCUT2D eigenvalue weighted by molar-refractivity contribution is 0.196. The molecule has 0 aromatic heterocycles. The Morgan fingerprint density at radius 2 is 2.00 bits per heavy atom. The number of hydrogen-bond acceptors (Lipinski definition) is 3. The second-order valence-electron chi connectivity index (χ2n) is 5.63. The van der Waals surface area contributed by atoms with Gasteiger partial charge in [0.1, 0.15) is 12.4 Å². The van der Waals surface area contributed by atoms with E-state index in [9.17, 15) is 0 Å². The molecule has 0 saturated heterocycles. The first-order valence-corrected chi connectivity index (χ1v) is 7.51. The van der Waals surface area contributed by atoms with Gasteiger partial charge in [-0.05, 0) is 42.2 Å². The lowest BCUT2D eigenvalue weighted by Crippen LogP contribution is -2.34. The van der Waals surface area contributed by atoms with E-state index in [1.807, 2.05) is 30.3 Å². The van der Waals surface area contributed by atoms with Crippen molar-refractivity contribution in [3.63, 3.8) is 0 Å². The van der Waals surface area contributed by atoms with Crippen LogP contribution in [0.5, 0.6) is 5.75 Å². The first kappa shape index (κ1) is 14.0. The maximum atomic E-state index is 6.09. The summed E-state index contributed by atoms with van der Waals surface area (Å²) >= 11 is 0. The molecule has 2 N–H and O–H groups in total. The minimum Gasteiger partial charge on any atom is -0.492 e. The minimum absolute atomic E-state index is 0.715. The standard InChI is InChI=1S/C18H22N2O/c1-14-5-2-3-8-18(14)21-12-11-20-10-9-15-6-4-7-17(19)16(15)13-20/h2-8H,9-13,19H2,1H3. The van der Waals surface area contributed by atoms with Gasteiger partial charge in [-0.2, -0.15) is 0 Å². The lowest BCUT2D eigenvalue weighted by atomic mass is 9.98. The molecule has 21 heavy (non-hydrogen) atoms. The van der Waals surface area contributed by atoms with E-state index in [-0.39, 0.29) is 0 Å². The Bertz CT molecular complexity index is 624. The van der Waals surface area contributed by atoms with Crippen LogP contribution in [-0.2, 0) is 13.0 Å². The Morgan fingerprint density at radius 1 is 1.14 bits per heavy atom. The summed E-state index contributed by atoms with van der Waals surface area (Å²) in [6.07, 6.45) is 1.07. The smallest absolute Gasteiger partial charge is 0.122 e. The molecular formula is C18H22N2O.